The quantitative estimate of drug-likeness (QED) is 0.841. The third kappa shape index (κ3) is 1.90. The first-order valence-corrected chi connectivity index (χ1v) is 8.67. The highest BCUT2D eigenvalue weighted by molar-refractivity contribution is 5.15. The van der Waals surface area contributed by atoms with Gasteiger partial charge >= 0.3 is 0 Å². The summed E-state index contributed by atoms with van der Waals surface area (Å²) in [6, 6.07) is 0. The van der Waals surface area contributed by atoms with Gasteiger partial charge in [-0.3, -0.25) is 0 Å². The van der Waals surface area contributed by atoms with E-state index in [9.17, 15) is 5.11 Å². The average Bonchev–Trinajstić information content (AvgIpc) is 2.72. The van der Waals surface area contributed by atoms with Crippen LogP contribution in [0.4, 0.5) is 0 Å². The van der Waals surface area contributed by atoms with Crippen molar-refractivity contribution in [3.63, 3.8) is 0 Å². The lowest BCUT2D eigenvalue weighted by Crippen LogP contribution is -2.51. The van der Waals surface area contributed by atoms with Crippen molar-refractivity contribution in [1.82, 2.24) is 0 Å². The molecule has 3 rings (SSSR count). The molecular weight excluding hydrogens is 248 g/mol. The minimum Gasteiger partial charge on any atom is -0.389 e. The van der Waals surface area contributed by atoms with Crippen molar-refractivity contribution in [2.24, 2.45) is 22.7 Å². The summed E-state index contributed by atoms with van der Waals surface area (Å²) in [6.45, 7) is 10.2. The van der Waals surface area contributed by atoms with Crippen LogP contribution in [0, 0.1) is 22.7 Å². The minimum atomic E-state index is -0.473. The zero-order valence-electron chi connectivity index (χ0n) is 13.7. The number of hydrogen-bond donors (Lipinski definition) is 1. The normalized spacial score (nSPS) is 50.5. The summed E-state index contributed by atoms with van der Waals surface area (Å²) in [6.07, 6.45) is 8.29. The molecule has 3 aliphatic rings. The standard InChI is InChI=1S/C18H32O2/c1-5-20-14-7-6-9-18(19,12-14)15-11-13-8-10-17(15,4)16(13,2)3/h13-15,19H,5-12H2,1-4H3/t13-,14?,15-,17+,18?/m0/s1. The van der Waals surface area contributed by atoms with Crippen molar-refractivity contribution in [1.29, 1.82) is 0 Å². The number of fused-ring (bicyclic) bond motifs is 2. The number of hydrogen-bond acceptors (Lipinski definition) is 2. The SMILES string of the molecule is CCOC1CCCC(O)([C@H]2C[C@@H]3CC[C@@]2(C)C3(C)C)C1. The predicted molar refractivity (Wildman–Crippen MR) is 81.6 cm³/mol. The van der Waals surface area contributed by atoms with Crippen LogP contribution in [0.25, 0.3) is 0 Å². The van der Waals surface area contributed by atoms with Crippen LogP contribution in [0.2, 0.25) is 0 Å². The van der Waals surface area contributed by atoms with Crippen LogP contribution in [0.1, 0.15) is 72.6 Å². The largest absolute Gasteiger partial charge is 0.389 e. The average molecular weight is 280 g/mol. The minimum absolute atomic E-state index is 0.282. The Labute approximate surface area is 124 Å². The monoisotopic (exact) mass is 280 g/mol. The summed E-state index contributed by atoms with van der Waals surface area (Å²) in [5.41, 5.74) is 0.242. The Morgan fingerprint density at radius 3 is 2.45 bits per heavy atom. The second-order valence-electron chi connectivity index (χ2n) is 8.44. The molecule has 0 saturated heterocycles. The molecule has 0 amide bonds. The van der Waals surface area contributed by atoms with Crippen LogP contribution in [0.3, 0.4) is 0 Å². The van der Waals surface area contributed by atoms with Crippen LogP contribution in [0.15, 0.2) is 0 Å². The lowest BCUT2D eigenvalue weighted by molar-refractivity contribution is -0.135. The van der Waals surface area contributed by atoms with Gasteiger partial charge in [0.15, 0.2) is 0 Å². The van der Waals surface area contributed by atoms with Gasteiger partial charge in [0.1, 0.15) is 0 Å². The maximum absolute atomic E-state index is 11.4. The Kier molecular flexibility index (Phi) is 3.49. The first-order chi connectivity index (χ1) is 9.33. The third-order valence-electron chi connectivity index (χ3n) is 7.56. The van der Waals surface area contributed by atoms with E-state index in [-0.39, 0.29) is 6.10 Å². The van der Waals surface area contributed by atoms with E-state index in [1.54, 1.807) is 0 Å². The van der Waals surface area contributed by atoms with Crippen LogP contribution >= 0.6 is 0 Å². The molecule has 0 aromatic heterocycles. The number of ether oxygens (including phenoxy) is 1. The summed E-state index contributed by atoms with van der Waals surface area (Å²) in [5.74, 6) is 1.29. The molecule has 3 aliphatic carbocycles. The van der Waals surface area contributed by atoms with Crippen molar-refractivity contribution in [3.05, 3.63) is 0 Å². The van der Waals surface area contributed by atoms with E-state index < -0.39 is 5.60 Å². The Balaban J connectivity index is 1.82. The maximum Gasteiger partial charge on any atom is 0.0706 e. The van der Waals surface area contributed by atoms with Gasteiger partial charge in [-0.1, -0.05) is 20.8 Å². The molecule has 0 aromatic carbocycles. The van der Waals surface area contributed by atoms with Gasteiger partial charge in [0.25, 0.3) is 0 Å². The molecule has 1 N–H and O–H groups in total. The summed E-state index contributed by atoms with van der Waals surface area (Å²) in [7, 11) is 0. The fourth-order valence-corrected chi connectivity index (χ4v) is 5.94. The van der Waals surface area contributed by atoms with Crippen LogP contribution in [-0.4, -0.2) is 23.4 Å². The first kappa shape index (κ1) is 14.8. The van der Waals surface area contributed by atoms with E-state index in [4.69, 9.17) is 4.74 Å². The molecule has 116 valence electrons. The van der Waals surface area contributed by atoms with Gasteiger partial charge in [-0.05, 0) is 68.1 Å². The van der Waals surface area contributed by atoms with Gasteiger partial charge in [-0.2, -0.15) is 0 Å². The molecule has 0 radical (unpaired) electrons. The fourth-order valence-electron chi connectivity index (χ4n) is 5.94. The highest BCUT2D eigenvalue weighted by atomic mass is 16.5. The van der Waals surface area contributed by atoms with E-state index in [2.05, 4.69) is 27.7 Å². The second kappa shape index (κ2) is 4.71. The summed E-state index contributed by atoms with van der Waals surface area (Å²) in [4.78, 5) is 0. The van der Waals surface area contributed by atoms with Gasteiger partial charge in [-0.25, -0.2) is 0 Å². The fraction of sp³-hybridized carbons (Fsp3) is 1.00. The van der Waals surface area contributed by atoms with E-state index in [0.29, 0.717) is 16.7 Å². The van der Waals surface area contributed by atoms with Crippen molar-refractivity contribution in [2.45, 2.75) is 84.3 Å². The number of aliphatic hydroxyl groups is 1. The molecule has 2 unspecified atom stereocenters. The lowest BCUT2D eigenvalue weighted by Gasteiger charge is -2.50. The van der Waals surface area contributed by atoms with Gasteiger partial charge < -0.3 is 9.84 Å². The van der Waals surface area contributed by atoms with Crippen molar-refractivity contribution >= 4 is 0 Å². The molecular formula is C18H32O2. The summed E-state index contributed by atoms with van der Waals surface area (Å²) >= 11 is 0. The zero-order valence-corrected chi connectivity index (χ0v) is 13.7. The summed E-state index contributed by atoms with van der Waals surface area (Å²) < 4.78 is 5.84. The maximum atomic E-state index is 11.4. The second-order valence-corrected chi connectivity index (χ2v) is 8.44. The molecule has 2 bridgehead atoms. The Morgan fingerprint density at radius 2 is 1.90 bits per heavy atom. The van der Waals surface area contributed by atoms with Gasteiger partial charge in [0.05, 0.1) is 11.7 Å². The Morgan fingerprint density at radius 1 is 1.15 bits per heavy atom. The molecule has 0 spiro atoms. The van der Waals surface area contributed by atoms with Crippen LogP contribution in [-0.2, 0) is 4.74 Å². The molecule has 0 aromatic rings. The smallest absolute Gasteiger partial charge is 0.0706 e. The molecule has 0 heterocycles. The highest BCUT2D eigenvalue weighted by Crippen LogP contribution is 2.71. The van der Waals surface area contributed by atoms with E-state index in [1.807, 2.05) is 0 Å². The molecule has 2 heteroatoms. The van der Waals surface area contributed by atoms with E-state index >= 15 is 0 Å². The third-order valence-corrected chi connectivity index (χ3v) is 7.56. The predicted octanol–water partition coefficient (Wildman–Crippen LogP) is 4.16. The lowest BCUT2D eigenvalue weighted by atomic mass is 9.59. The molecule has 3 fully saturated rings. The zero-order chi connectivity index (χ0) is 14.6. The first-order valence-electron chi connectivity index (χ1n) is 8.67. The molecule has 2 nitrogen and oxygen atoms in total. The van der Waals surface area contributed by atoms with Crippen LogP contribution in [0.5, 0.6) is 0 Å². The Bertz CT molecular complexity index is 376. The van der Waals surface area contributed by atoms with Crippen molar-refractivity contribution < 1.29 is 9.84 Å². The Hall–Kier alpha value is -0.0800. The van der Waals surface area contributed by atoms with E-state index in [1.165, 1.54) is 19.3 Å². The van der Waals surface area contributed by atoms with Crippen molar-refractivity contribution in [2.75, 3.05) is 6.61 Å². The molecule has 0 aliphatic heterocycles. The van der Waals surface area contributed by atoms with Gasteiger partial charge in [0, 0.05) is 13.0 Å². The molecule has 3 saturated carbocycles. The van der Waals surface area contributed by atoms with Crippen LogP contribution < -0.4 is 0 Å². The number of rotatable bonds is 3. The summed E-state index contributed by atoms with van der Waals surface area (Å²) in [5, 5.41) is 11.4. The van der Waals surface area contributed by atoms with Gasteiger partial charge in [-0.15, -0.1) is 0 Å². The topological polar surface area (TPSA) is 29.5 Å². The highest BCUT2D eigenvalue weighted by Gasteiger charge is 2.65. The van der Waals surface area contributed by atoms with E-state index in [0.717, 1.165) is 38.2 Å². The van der Waals surface area contributed by atoms with Gasteiger partial charge in [0.2, 0.25) is 0 Å². The molecule has 5 atom stereocenters. The molecule has 20 heavy (non-hydrogen) atoms. The van der Waals surface area contributed by atoms with Crippen molar-refractivity contribution in [3.8, 4) is 0 Å².